The summed E-state index contributed by atoms with van der Waals surface area (Å²) in [4.78, 5) is 7.57. The quantitative estimate of drug-likeness (QED) is 0.339. The molecular weight excluding hydrogens is 356 g/mol. The fourth-order valence-electron chi connectivity index (χ4n) is 1.53. The summed E-state index contributed by atoms with van der Waals surface area (Å²) in [7, 11) is 0. The van der Waals surface area contributed by atoms with Crippen LogP contribution < -0.4 is 0 Å². The molecule has 4 N–H and O–H groups in total. The molecule has 0 saturated heterocycles. The number of pyridine rings is 2. The number of nitrogens with zero attached hydrogens (tertiary/aromatic N) is 2. The van der Waals surface area contributed by atoms with Gasteiger partial charge in [-0.15, -0.1) is 0 Å². The third-order valence-electron chi connectivity index (χ3n) is 2.83. The maximum Gasteiger partial charge on any atom is 0.115 e. The highest BCUT2D eigenvalue weighted by Crippen LogP contribution is 2.13. The molecule has 0 amide bonds. The van der Waals surface area contributed by atoms with Gasteiger partial charge in [-0.1, -0.05) is 12.1 Å². The van der Waals surface area contributed by atoms with Gasteiger partial charge >= 0.3 is 0 Å². The lowest BCUT2D eigenvalue weighted by molar-refractivity contribution is 0.460. The van der Waals surface area contributed by atoms with Crippen molar-refractivity contribution >= 4 is 0 Å². The highest BCUT2D eigenvalue weighted by molar-refractivity contribution is 5.29. The van der Waals surface area contributed by atoms with Crippen molar-refractivity contribution in [3.63, 3.8) is 0 Å². The highest BCUT2D eigenvalue weighted by atomic mass is 16.3. The van der Waals surface area contributed by atoms with Crippen LogP contribution in [0.4, 0.5) is 0 Å². The van der Waals surface area contributed by atoms with Crippen LogP contribution in [0.5, 0.6) is 23.0 Å². The number of aromatic hydroxyl groups is 4. The SMILES string of the molecule is Oc1ccc(O)cc1.Oc1ccc(O)cc1.c1ccncc1.c1ccncc1. The molecule has 28 heavy (non-hydrogen) atoms. The fraction of sp³-hybridized carbons (Fsp3) is 0. The van der Waals surface area contributed by atoms with Crippen molar-refractivity contribution in [2.45, 2.75) is 0 Å². The van der Waals surface area contributed by atoms with Gasteiger partial charge in [0.15, 0.2) is 0 Å². The molecule has 0 fully saturated rings. The largest absolute Gasteiger partial charge is 0.508 e. The van der Waals surface area contributed by atoms with Crippen LogP contribution in [0.3, 0.4) is 0 Å². The predicted molar refractivity (Wildman–Crippen MR) is 108 cm³/mol. The summed E-state index contributed by atoms with van der Waals surface area (Å²) < 4.78 is 0. The average Bonchev–Trinajstić information content (AvgIpc) is 2.76. The number of rotatable bonds is 0. The lowest BCUT2D eigenvalue weighted by Gasteiger charge is -1.88. The molecule has 0 saturated carbocycles. The first kappa shape index (κ1) is 22.0. The number of phenolic OH excluding ortho intramolecular Hbond substituents is 4. The molecule has 0 aliphatic heterocycles. The Morgan fingerprint density at radius 1 is 0.357 bits per heavy atom. The Balaban J connectivity index is 0.000000188. The zero-order valence-corrected chi connectivity index (χ0v) is 15.1. The van der Waals surface area contributed by atoms with Gasteiger partial charge in [-0.2, -0.15) is 0 Å². The van der Waals surface area contributed by atoms with Crippen LogP contribution in [-0.4, -0.2) is 30.4 Å². The maximum atomic E-state index is 8.65. The third kappa shape index (κ3) is 12.3. The molecule has 0 bridgehead atoms. The van der Waals surface area contributed by atoms with Crippen molar-refractivity contribution in [1.29, 1.82) is 0 Å². The maximum absolute atomic E-state index is 8.65. The number of hydrogen-bond acceptors (Lipinski definition) is 6. The van der Waals surface area contributed by atoms with E-state index in [1.165, 1.54) is 48.5 Å². The molecule has 0 aliphatic rings. The molecule has 0 aliphatic carbocycles. The minimum absolute atomic E-state index is 0.169. The van der Waals surface area contributed by atoms with Crippen molar-refractivity contribution in [1.82, 2.24) is 9.97 Å². The van der Waals surface area contributed by atoms with Gasteiger partial charge in [-0.25, -0.2) is 0 Å². The molecule has 0 spiro atoms. The molecule has 2 aromatic heterocycles. The van der Waals surface area contributed by atoms with E-state index in [1.807, 2.05) is 36.4 Å². The highest BCUT2D eigenvalue weighted by Gasteiger charge is 1.85. The van der Waals surface area contributed by atoms with Gasteiger partial charge in [0.1, 0.15) is 23.0 Å². The van der Waals surface area contributed by atoms with E-state index in [2.05, 4.69) is 9.97 Å². The summed E-state index contributed by atoms with van der Waals surface area (Å²) in [6.45, 7) is 0. The zero-order valence-electron chi connectivity index (χ0n) is 15.1. The zero-order chi connectivity index (χ0) is 20.5. The predicted octanol–water partition coefficient (Wildman–Crippen LogP) is 4.36. The topological polar surface area (TPSA) is 107 Å². The molecule has 144 valence electrons. The Morgan fingerprint density at radius 3 is 0.679 bits per heavy atom. The monoisotopic (exact) mass is 378 g/mol. The van der Waals surface area contributed by atoms with Crippen LogP contribution in [0, 0.1) is 0 Å². The van der Waals surface area contributed by atoms with E-state index in [0.717, 1.165) is 0 Å². The Labute approximate surface area is 163 Å². The second kappa shape index (κ2) is 14.1. The second-order valence-electron chi connectivity index (χ2n) is 5.08. The Kier molecular flexibility index (Phi) is 11.1. The van der Waals surface area contributed by atoms with E-state index in [-0.39, 0.29) is 23.0 Å². The molecule has 6 heteroatoms. The Morgan fingerprint density at radius 2 is 0.571 bits per heavy atom. The Hall–Kier alpha value is -4.06. The third-order valence-corrected chi connectivity index (χ3v) is 2.83. The van der Waals surface area contributed by atoms with E-state index in [0.29, 0.717) is 0 Å². The van der Waals surface area contributed by atoms with Gasteiger partial charge < -0.3 is 20.4 Å². The lowest BCUT2D eigenvalue weighted by atomic mass is 10.3. The van der Waals surface area contributed by atoms with Crippen LogP contribution in [0.2, 0.25) is 0 Å². The van der Waals surface area contributed by atoms with Crippen LogP contribution in [0.15, 0.2) is 110 Å². The smallest absolute Gasteiger partial charge is 0.115 e. The summed E-state index contributed by atoms with van der Waals surface area (Å²) in [5.74, 6) is 0.677. The number of aromatic nitrogens is 2. The van der Waals surface area contributed by atoms with Gasteiger partial charge in [-0.05, 0) is 72.8 Å². The molecule has 0 radical (unpaired) electrons. The van der Waals surface area contributed by atoms with Crippen molar-refractivity contribution in [3.8, 4) is 23.0 Å². The summed E-state index contributed by atoms with van der Waals surface area (Å²) in [6, 6.07) is 22.8. The molecule has 6 nitrogen and oxygen atoms in total. The first-order chi connectivity index (χ1) is 13.6. The fourth-order valence-corrected chi connectivity index (χ4v) is 1.53. The minimum atomic E-state index is 0.169. The van der Waals surface area contributed by atoms with Gasteiger partial charge in [0.25, 0.3) is 0 Å². The molecule has 4 aromatic rings. The van der Waals surface area contributed by atoms with E-state index in [1.54, 1.807) is 24.8 Å². The van der Waals surface area contributed by atoms with Gasteiger partial charge in [0.05, 0.1) is 0 Å². The minimum Gasteiger partial charge on any atom is -0.508 e. The van der Waals surface area contributed by atoms with Gasteiger partial charge in [-0.3, -0.25) is 9.97 Å². The molecule has 0 atom stereocenters. The van der Waals surface area contributed by atoms with Crippen LogP contribution >= 0.6 is 0 Å². The van der Waals surface area contributed by atoms with Crippen molar-refractivity contribution in [2.75, 3.05) is 0 Å². The lowest BCUT2D eigenvalue weighted by Crippen LogP contribution is -1.61. The average molecular weight is 378 g/mol. The summed E-state index contributed by atoms with van der Waals surface area (Å²) >= 11 is 0. The van der Waals surface area contributed by atoms with E-state index < -0.39 is 0 Å². The van der Waals surface area contributed by atoms with E-state index >= 15 is 0 Å². The van der Waals surface area contributed by atoms with Gasteiger partial charge in [0, 0.05) is 24.8 Å². The van der Waals surface area contributed by atoms with Crippen LogP contribution in [0.25, 0.3) is 0 Å². The summed E-state index contributed by atoms with van der Waals surface area (Å²) in [6.07, 6.45) is 7.00. The second-order valence-corrected chi connectivity index (χ2v) is 5.08. The molecule has 2 heterocycles. The van der Waals surface area contributed by atoms with Crippen LogP contribution in [-0.2, 0) is 0 Å². The van der Waals surface area contributed by atoms with E-state index in [4.69, 9.17) is 20.4 Å². The number of benzene rings is 2. The normalized spacial score (nSPS) is 8.57. The number of phenols is 4. The first-order valence-electron chi connectivity index (χ1n) is 8.24. The number of hydrogen-bond donors (Lipinski definition) is 4. The first-order valence-corrected chi connectivity index (χ1v) is 8.24. The van der Waals surface area contributed by atoms with E-state index in [9.17, 15) is 0 Å². The van der Waals surface area contributed by atoms with Gasteiger partial charge in [0.2, 0.25) is 0 Å². The molecule has 2 aromatic carbocycles. The Bertz CT molecular complexity index is 670. The summed E-state index contributed by atoms with van der Waals surface area (Å²) in [5, 5.41) is 34.6. The molecule has 0 unspecified atom stereocenters. The van der Waals surface area contributed by atoms with Crippen molar-refractivity contribution in [2.24, 2.45) is 0 Å². The summed E-state index contributed by atoms with van der Waals surface area (Å²) in [5.41, 5.74) is 0. The molecule has 4 rings (SSSR count). The van der Waals surface area contributed by atoms with Crippen molar-refractivity contribution in [3.05, 3.63) is 110 Å². The van der Waals surface area contributed by atoms with Crippen molar-refractivity contribution < 1.29 is 20.4 Å². The molecular formula is C22H22N2O4. The standard InChI is InChI=1S/2C6H6O2.2C5H5N/c2*7-5-1-2-6(8)4-3-5;2*1-2-4-6-5-3-1/h2*1-4,7-8H;2*1-5H. The van der Waals surface area contributed by atoms with Crippen LogP contribution in [0.1, 0.15) is 0 Å².